The summed E-state index contributed by atoms with van der Waals surface area (Å²) in [4.78, 5) is 10.8. The molecule has 0 aliphatic carbocycles. The third-order valence-electron chi connectivity index (χ3n) is 2.69. The van der Waals surface area contributed by atoms with Gasteiger partial charge in [-0.25, -0.2) is 4.39 Å². The molecule has 0 saturated heterocycles. The minimum Gasteiger partial charge on any atom is -0.486 e. The van der Waals surface area contributed by atoms with Gasteiger partial charge in [0, 0.05) is 12.5 Å². The molecule has 1 heterocycles. The lowest BCUT2D eigenvalue weighted by atomic mass is 10.1. The van der Waals surface area contributed by atoms with Crippen LogP contribution in [0.4, 0.5) is 4.39 Å². The highest BCUT2D eigenvalue weighted by molar-refractivity contribution is 5.75. The van der Waals surface area contributed by atoms with Crippen molar-refractivity contribution in [1.29, 1.82) is 0 Å². The van der Waals surface area contributed by atoms with E-state index in [0.717, 1.165) is 0 Å². The van der Waals surface area contributed by atoms with Gasteiger partial charge >= 0.3 is 0 Å². The number of aryl methyl sites for hydroxylation is 1. The Morgan fingerprint density at radius 3 is 2.59 bits per heavy atom. The molecule has 0 saturated carbocycles. The average molecular weight is 238 g/mol. The molecule has 0 unspecified atom stereocenters. The SMILES string of the molecule is CC(=O)CCCc1cc2c(cc1F)OCCO2. The first-order valence-corrected chi connectivity index (χ1v) is 5.74. The van der Waals surface area contributed by atoms with Crippen molar-refractivity contribution in [2.45, 2.75) is 26.2 Å². The molecular formula is C13H15FO3. The van der Waals surface area contributed by atoms with Gasteiger partial charge in [-0.05, 0) is 31.4 Å². The summed E-state index contributed by atoms with van der Waals surface area (Å²) < 4.78 is 24.4. The Kier molecular flexibility index (Phi) is 3.61. The quantitative estimate of drug-likeness (QED) is 0.808. The summed E-state index contributed by atoms with van der Waals surface area (Å²) in [6.07, 6.45) is 1.68. The lowest BCUT2D eigenvalue weighted by Gasteiger charge is -2.19. The van der Waals surface area contributed by atoms with Crippen LogP contribution >= 0.6 is 0 Å². The minimum absolute atomic E-state index is 0.128. The standard InChI is InChI=1S/C13H15FO3/c1-9(15)3-2-4-10-7-12-13(8-11(10)14)17-6-5-16-12/h7-8H,2-6H2,1H3. The van der Waals surface area contributed by atoms with Crippen molar-refractivity contribution in [3.05, 3.63) is 23.5 Å². The van der Waals surface area contributed by atoms with Crippen molar-refractivity contribution in [3.63, 3.8) is 0 Å². The number of hydrogen-bond donors (Lipinski definition) is 0. The lowest BCUT2D eigenvalue weighted by molar-refractivity contribution is -0.117. The maximum absolute atomic E-state index is 13.7. The number of halogens is 1. The monoisotopic (exact) mass is 238 g/mol. The third kappa shape index (κ3) is 2.96. The number of Topliss-reactive ketones (excluding diaryl/α,β-unsaturated/α-hetero) is 1. The van der Waals surface area contributed by atoms with Gasteiger partial charge in [0.05, 0.1) is 0 Å². The number of ketones is 1. The smallest absolute Gasteiger partial charge is 0.164 e. The van der Waals surface area contributed by atoms with Crippen LogP contribution in [0.3, 0.4) is 0 Å². The maximum Gasteiger partial charge on any atom is 0.164 e. The van der Waals surface area contributed by atoms with Crippen LogP contribution in [0.2, 0.25) is 0 Å². The Morgan fingerprint density at radius 2 is 1.94 bits per heavy atom. The zero-order valence-corrected chi connectivity index (χ0v) is 9.79. The van der Waals surface area contributed by atoms with Gasteiger partial charge < -0.3 is 14.3 Å². The van der Waals surface area contributed by atoms with E-state index >= 15 is 0 Å². The summed E-state index contributed by atoms with van der Waals surface area (Å²) in [5.74, 6) is 0.889. The molecule has 1 aliphatic heterocycles. The van der Waals surface area contributed by atoms with E-state index in [1.165, 1.54) is 6.07 Å². The predicted molar refractivity (Wildman–Crippen MR) is 61.0 cm³/mol. The van der Waals surface area contributed by atoms with Crippen molar-refractivity contribution in [3.8, 4) is 11.5 Å². The summed E-state index contributed by atoms with van der Waals surface area (Å²) in [7, 11) is 0. The van der Waals surface area contributed by atoms with E-state index in [0.29, 0.717) is 49.5 Å². The van der Waals surface area contributed by atoms with Gasteiger partial charge in [0.15, 0.2) is 11.5 Å². The number of hydrogen-bond acceptors (Lipinski definition) is 3. The summed E-state index contributed by atoms with van der Waals surface area (Å²) >= 11 is 0. The van der Waals surface area contributed by atoms with E-state index < -0.39 is 0 Å². The van der Waals surface area contributed by atoms with Gasteiger partial charge in [-0.1, -0.05) is 0 Å². The highest BCUT2D eigenvalue weighted by Gasteiger charge is 2.15. The van der Waals surface area contributed by atoms with Crippen molar-refractivity contribution in [1.82, 2.24) is 0 Å². The first-order valence-electron chi connectivity index (χ1n) is 5.74. The van der Waals surface area contributed by atoms with Crippen LogP contribution in [0.5, 0.6) is 11.5 Å². The molecule has 0 N–H and O–H groups in total. The third-order valence-corrected chi connectivity index (χ3v) is 2.69. The zero-order valence-electron chi connectivity index (χ0n) is 9.79. The summed E-state index contributed by atoms with van der Waals surface area (Å²) in [6.45, 7) is 2.49. The van der Waals surface area contributed by atoms with Crippen LogP contribution in [0.1, 0.15) is 25.3 Å². The second-order valence-corrected chi connectivity index (χ2v) is 4.14. The Balaban J connectivity index is 2.09. The van der Waals surface area contributed by atoms with E-state index in [4.69, 9.17) is 9.47 Å². The van der Waals surface area contributed by atoms with Gasteiger partial charge in [0.1, 0.15) is 24.8 Å². The van der Waals surface area contributed by atoms with Crippen LogP contribution in [0, 0.1) is 5.82 Å². The summed E-state index contributed by atoms with van der Waals surface area (Å²) in [6, 6.07) is 3.03. The van der Waals surface area contributed by atoms with Crippen LogP contribution in [0.15, 0.2) is 12.1 Å². The Bertz CT molecular complexity index is 429. The minimum atomic E-state index is -0.294. The number of benzene rings is 1. The van der Waals surface area contributed by atoms with Crippen molar-refractivity contribution < 1.29 is 18.7 Å². The molecule has 0 radical (unpaired) electrons. The molecule has 1 aromatic rings. The molecular weight excluding hydrogens is 223 g/mol. The molecule has 0 spiro atoms. The number of ether oxygens (including phenoxy) is 2. The molecule has 2 rings (SSSR count). The van der Waals surface area contributed by atoms with Crippen LogP contribution < -0.4 is 9.47 Å². The fourth-order valence-electron chi connectivity index (χ4n) is 1.83. The highest BCUT2D eigenvalue weighted by Crippen LogP contribution is 2.33. The lowest BCUT2D eigenvalue weighted by Crippen LogP contribution is -2.16. The van der Waals surface area contributed by atoms with Gasteiger partial charge in [-0.3, -0.25) is 0 Å². The average Bonchev–Trinajstić information content (AvgIpc) is 2.29. The van der Waals surface area contributed by atoms with E-state index in [2.05, 4.69) is 0 Å². The molecule has 0 fully saturated rings. The fraction of sp³-hybridized carbons (Fsp3) is 0.462. The molecule has 3 nitrogen and oxygen atoms in total. The topological polar surface area (TPSA) is 35.5 Å². The predicted octanol–water partition coefficient (Wildman–Crippen LogP) is 2.51. The van der Waals surface area contributed by atoms with E-state index in [1.54, 1.807) is 13.0 Å². The first kappa shape index (κ1) is 11.9. The van der Waals surface area contributed by atoms with Gasteiger partial charge in [-0.15, -0.1) is 0 Å². The molecule has 92 valence electrons. The number of carbonyl (C=O) groups excluding carboxylic acids is 1. The van der Waals surface area contributed by atoms with Crippen LogP contribution in [-0.4, -0.2) is 19.0 Å². The second-order valence-electron chi connectivity index (χ2n) is 4.14. The Morgan fingerprint density at radius 1 is 1.29 bits per heavy atom. The van der Waals surface area contributed by atoms with Gasteiger partial charge in [0.2, 0.25) is 0 Å². The summed E-state index contributed by atoms with van der Waals surface area (Å²) in [5.41, 5.74) is 0.579. The molecule has 1 aromatic carbocycles. The molecule has 0 amide bonds. The highest BCUT2D eigenvalue weighted by atomic mass is 19.1. The Labute approximate surface area is 99.5 Å². The molecule has 0 atom stereocenters. The fourth-order valence-corrected chi connectivity index (χ4v) is 1.83. The maximum atomic E-state index is 13.7. The van der Waals surface area contributed by atoms with Crippen LogP contribution in [-0.2, 0) is 11.2 Å². The van der Waals surface area contributed by atoms with Crippen LogP contribution in [0.25, 0.3) is 0 Å². The van der Waals surface area contributed by atoms with Crippen molar-refractivity contribution in [2.24, 2.45) is 0 Å². The molecule has 17 heavy (non-hydrogen) atoms. The van der Waals surface area contributed by atoms with Gasteiger partial charge in [-0.2, -0.15) is 0 Å². The number of fused-ring (bicyclic) bond motifs is 1. The second kappa shape index (κ2) is 5.17. The molecule has 0 bridgehead atoms. The molecule has 0 aromatic heterocycles. The largest absolute Gasteiger partial charge is 0.486 e. The van der Waals surface area contributed by atoms with E-state index in [-0.39, 0.29) is 11.6 Å². The number of carbonyl (C=O) groups is 1. The zero-order chi connectivity index (χ0) is 12.3. The molecule has 1 aliphatic rings. The first-order chi connectivity index (χ1) is 8.16. The van der Waals surface area contributed by atoms with Gasteiger partial charge in [0.25, 0.3) is 0 Å². The Hall–Kier alpha value is -1.58. The molecule has 4 heteroatoms. The van der Waals surface area contributed by atoms with Crippen molar-refractivity contribution in [2.75, 3.05) is 13.2 Å². The number of rotatable bonds is 4. The normalized spacial score (nSPS) is 13.5. The van der Waals surface area contributed by atoms with E-state index in [1.807, 2.05) is 0 Å². The van der Waals surface area contributed by atoms with Crippen molar-refractivity contribution >= 4 is 5.78 Å². The van der Waals surface area contributed by atoms with E-state index in [9.17, 15) is 9.18 Å². The summed E-state index contributed by atoms with van der Waals surface area (Å²) in [5, 5.41) is 0.